The van der Waals surface area contributed by atoms with Gasteiger partial charge < -0.3 is 4.74 Å². The molecule has 1 rings (SSSR count). The van der Waals surface area contributed by atoms with E-state index < -0.39 is 4.92 Å². The van der Waals surface area contributed by atoms with Gasteiger partial charge in [0.25, 0.3) is 5.69 Å². The molecule has 0 fully saturated rings. The molecule has 15 heavy (non-hydrogen) atoms. The number of hydrogen-bond acceptors (Lipinski definition) is 4. The maximum atomic E-state index is 10.5. The van der Waals surface area contributed by atoms with Crippen LogP contribution in [0.5, 0.6) is 5.88 Å². The SMILES string of the molecule is CCCCOc1nccc([N+](=O)[O-])c1Cl. The lowest BCUT2D eigenvalue weighted by Crippen LogP contribution is -2.00. The number of aromatic nitrogens is 1. The Morgan fingerprint density at radius 1 is 1.67 bits per heavy atom. The Kier molecular flexibility index (Phi) is 4.30. The average Bonchev–Trinajstić information content (AvgIpc) is 2.20. The zero-order chi connectivity index (χ0) is 11.3. The number of nitro groups is 1. The Morgan fingerprint density at radius 3 is 3.00 bits per heavy atom. The van der Waals surface area contributed by atoms with Gasteiger partial charge in [-0.05, 0) is 6.42 Å². The Balaban J connectivity index is 2.80. The van der Waals surface area contributed by atoms with Crippen molar-refractivity contribution in [1.82, 2.24) is 4.98 Å². The molecule has 0 N–H and O–H groups in total. The van der Waals surface area contributed by atoms with E-state index in [0.29, 0.717) is 6.61 Å². The van der Waals surface area contributed by atoms with Crippen molar-refractivity contribution in [2.75, 3.05) is 6.61 Å². The van der Waals surface area contributed by atoms with Crippen molar-refractivity contribution in [3.05, 3.63) is 27.4 Å². The van der Waals surface area contributed by atoms with Crippen LogP contribution < -0.4 is 4.74 Å². The molecule has 1 aromatic heterocycles. The minimum atomic E-state index is -0.559. The van der Waals surface area contributed by atoms with E-state index in [1.807, 2.05) is 6.92 Å². The number of rotatable bonds is 5. The number of nitrogens with zero attached hydrogens (tertiary/aromatic N) is 2. The number of unbranched alkanes of at least 4 members (excludes halogenated alkanes) is 1. The van der Waals surface area contributed by atoms with Crippen LogP contribution in [0, 0.1) is 10.1 Å². The summed E-state index contributed by atoms with van der Waals surface area (Å²) in [7, 11) is 0. The summed E-state index contributed by atoms with van der Waals surface area (Å²) in [5.74, 6) is 0.124. The zero-order valence-electron chi connectivity index (χ0n) is 8.27. The second-order valence-corrected chi connectivity index (χ2v) is 3.29. The van der Waals surface area contributed by atoms with Crippen LogP contribution in [0.2, 0.25) is 5.02 Å². The Morgan fingerprint density at radius 2 is 2.40 bits per heavy atom. The fourth-order valence-corrected chi connectivity index (χ4v) is 1.21. The number of hydrogen-bond donors (Lipinski definition) is 0. The van der Waals surface area contributed by atoms with Gasteiger partial charge in [0, 0.05) is 12.3 Å². The van der Waals surface area contributed by atoms with Crippen molar-refractivity contribution in [3.63, 3.8) is 0 Å². The molecular weight excluding hydrogens is 220 g/mol. The number of pyridine rings is 1. The molecule has 0 aliphatic rings. The van der Waals surface area contributed by atoms with E-state index in [0.717, 1.165) is 12.8 Å². The molecule has 0 aliphatic heterocycles. The first kappa shape index (κ1) is 11.7. The van der Waals surface area contributed by atoms with Gasteiger partial charge in [0.1, 0.15) is 0 Å². The molecule has 0 spiro atoms. The summed E-state index contributed by atoms with van der Waals surface area (Å²) in [4.78, 5) is 13.8. The predicted molar refractivity (Wildman–Crippen MR) is 56.3 cm³/mol. The average molecular weight is 231 g/mol. The van der Waals surface area contributed by atoms with Crippen LogP contribution in [0.3, 0.4) is 0 Å². The van der Waals surface area contributed by atoms with Gasteiger partial charge in [0.05, 0.1) is 11.5 Å². The smallest absolute Gasteiger partial charge is 0.294 e. The van der Waals surface area contributed by atoms with Crippen molar-refractivity contribution in [2.45, 2.75) is 19.8 Å². The normalized spacial score (nSPS) is 10.0. The molecule has 0 aliphatic carbocycles. The predicted octanol–water partition coefficient (Wildman–Crippen LogP) is 2.82. The molecule has 82 valence electrons. The second kappa shape index (κ2) is 5.50. The van der Waals surface area contributed by atoms with E-state index in [1.165, 1.54) is 12.3 Å². The molecule has 0 atom stereocenters. The van der Waals surface area contributed by atoms with Crippen molar-refractivity contribution >= 4 is 17.3 Å². The van der Waals surface area contributed by atoms with E-state index >= 15 is 0 Å². The van der Waals surface area contributed by atoms with E-state index in [1.54, 1.807) is 0 Å². The summed E-state index contributed by atoms with van der Waals surface area (Å²) in [6.45, 7) is 2.48. The van der Waals surface area contributed by atoms with Crippen LogP contribution in [0.25, 0.3) is 0 Å². The van der Waals surface area contributed by atoms with Crippen molar-refractivity contribution in [1.29, 1.82) is 0 Å². The van der Waals surface area contributed by atoms with Gasteiger partial charge in [-0.25, -0.2) is 4.98 Å². The number of halogens is 1. The maximum Gasteiger partial charge on any atom is 0.294 e. The van der Waals surface area contributed by atoms with Crippen LogP contribution >= 0.6 is 11.6 Å². The van der Waals surface area contributed by atoms with Crippen LogP contribution in [0.4, 0.5) is 5.69 Å². The minimum absolute atomic E-state index is 0.0430. The molecule has 1 aromatic rings. The van der Waals surface area contributed by atoms with Gasteiger partial charge in [-0.15, -0.1) is 0 Å². The second-order valence-electron chi connectivity index (χ2n) is 2.91. The van der Waals surface area contributed by atoms with Gasteiger partial charge in [-0.1, -0.05) is 24.9 Å². The topological polar surface area (TPSA) is 65.3 Å². The zero-order valence-corrected chi connectivity index (χ0v) is 9.03. The fourth-order valence-electron chi connectivity index (χ4n) is 0.970. The molecule has 0 saturated carbocycles. The summed E-state index contributed by atoms with van der Waals surface area (Å²) in [5.41, 5.74) is -0.182. The van der Waals surface area contributed by atoms with Crippen LogP contribution in [0.1, 0.15) is 19.8 Å². The first-order valence-electron chi connectivity index (χ1n) is 4.58. The summed E-state index contributed by atoms with van der Waals surface area (Å²) in [5, 5.41) is 10.5. The molecule has 0 unspecified atom stereocenters. The highest BCUT2D eigenvalue weighted by Gasteiger charge is 2.17. The lowest BCUT2D eigenvalue weighted by atomic mass is 10.3. The third-order valence-electron chi connectivity index (χ3n) is 1.77. The van der Waals surface area contributed by atoms with E-state index in [-0.39, 0.29) is 16.6 Å². The summed E-state index contributed by atoms with van der Waals surface area (Å²) in [6, 6.07) is 1.25. The van der Waals surface area contributed by atoms with E-state index in [4.69, 9.17) is 16.3 Å². The number of ether oxygens (including phenoxy) is 1. The van der Waals surface area contributed by atoms with Crippen molar-refractivity contribution < 1.29 is 9.66 Å². The fraction of sp³-hybridized carbons (Fsp3) is 0.444. The molecular formula is C9H11ClN2O3. The highest BCUT2D eigenvalue weighted by Crippen LogP contribution is 2.31. The van der Waals surface area contributed by atoms with Gasteiger partial charge >= 0.3 is 0 Å². The van der Waals surface area contributed by atoms with Crippen molar-refractivity contribution in [3.8, 4) is 5.88 Å². The highest BCUT2D eigenvalue weighted by molar-refractivity contribution is 6.33. The molecule has 0 saturated heterocycles. The molecule has 0 aromatic carbocycles. The summed E-state index contributed by atoms with van der Waals surface area (Å²) in [6.07, 6.45) is 3.15. The monoisotopic (exact) mass is 230 g/mol. The molecule has 5 nitrogen and oxygen atoms in total. The van der Waals surface area contributed by atoms with Crippen LogP contribution in [-0.2, 0) is 0 Å². The molecule has 6 heteroatoms. The molecule has 1 heterocycles. The quantitative estimate of drug-likeness (QED) is 0.443. The Bertz CT molecular complexity index is 357. The minimum Gasteiger partial charge on any atom is -0.476 e. The molecule has 0 amide bonds. The van der Waals surface area contributed by atoms with E-state index in [2.05, 4.69) is 4.98 Å². The Hall–Kier alpha value is -1.36. The highest BCUT2D eigenvalue weighted by atomic mass is 35.5. The standard InChI is InChI=1S/C9H11ClN2O3/c1-2-3-6-15-9-8(10)7(12(13)14)4-5-11-9/h4-5H,2-3,6H2,1H3. The van der Waals surface area contributed by atoms with Crippen LogP contribution in [-0.4, -0.2) is 16.5 Å². The first-order valence-corrected chi connectivity index (χ1v) is 4.96. The summed E-state index contributed by atoms with van der Waals surface area (Å²) < 4.78 is 5.22. The van der Waals surface area contributed by atoms with Gasteiger partial charge in [0.15, 0.2) is 5.02 Å². The lowest BCUT2D eigenvalue weighted by molar-refractivity contribution is -0.384. The maximum absolute atomic E-state index is 10.5. The van der Waals surface area contributed by atoms with Crippen molar-refractivity contribution in [2.24, 2.45) is 0 Å². The van der Waals surface area contributed by atoms with Crippen LogP contribution in [0.15, 0.2) is 12.3 Å². The lowest BCUT2D eigenvalue weighted by Gasteiger charge is -2.05. The molecule has 0 radical (unpaired) electrons. The first-order chi connectivity index (χ1) is 7.16. The Labute approximate surface area is 92.2 Å². The largest absolute Gasteiger partial charge is 0.476 e. The van der Waals surface area contributed by atoms with E-state index in [9.17, 15) is 10.1 Å². The van der Waals surface area contributed by atoms with Gasteiger partial charge in [0.2, 0.25) is 5.88 Å². The third-order valence-corrected chi connectivity index (χ3v) is 2.13. The molecule has 0 bridgehead atoms. The van der Waals surface area contributed by atoms with Gasteiger partial charge in [-0.2, -0.15) is 0 Å². The van der Waals surface area contributed by atoms with Gasteiger partial charge in [-0.3, -0.25) is 10.1 Å². The summed E-state index contributed by atoms with van der Waals surface area (Å²) >= 11 is 5.75. The third kappa shape index (κ3) is 3.06.